The lowest BCUT2D eigenvalue weighted by molar-refractivity contribution is -0.0328. The summed E-state index contributed by atoms with van der Waals surface area (Å²) in [7, 11) is 0. The number of nitrogens with zero attached hydrogens (tertiary/aromatic N) is 2. The van der Waals surface area contributed by atoms with Crippen LogP contribution in [-0.4, -0.2) is 31.5 Å². The van der Waals surface area contributed by atoms with Crippen LogP contribution in [-0.2, 0) is 0 Å². The Labute approximate surface area is 163 Å². The standard InChI is InChI=1S/C17H10F3N3O5S/c18-17(19,20)29-12-7-3-10(4-8-12)9-1-5-11(6-2-9)28-23-16(27)21-14(24)13(22-23)15(25)26/h1-8H,(H,25,26)(H,21,24,27). The number of hydrogen-bond acceptors (Lipinski definition) is 6. The van der Waals surface area contributed by atoms with Crippen molar-refractivity contribution in [1.82, 2.24) is 14.9 Å². The molecule has 3 aromatic rings. The van der Waals surface area contributed by atoms with Crippen LogP contribution in [0.4, 0.5) is 13.2 Å². The topological polar surface area (TPSA) is 114 Å². The summed E-state index contributed by atoms with van der Waals surface area (Å²) in [4.78, 5) is 41.3. The summed E-state index contributed by atoms with van der Waals surface area (Å²) in [6.45, 7) is 0. The van der Waals surface area contributed by atoms with Crippen LogP contribution in [0.15, 0.2) is 63.0 Å². The summed E-state index contributed by atoms with van der Waals surface area (Å²) in [5.41, 5.74) is -6.20. The second-order valence-corrected chi connectivity index (χ2v) is 6.61. The van der Waals surface area contributed by atoms with Crippen molar-refractivity contribution in [3.63, 3.8) is 0 Å². The van der Waals surface area contributed by atoms with Crippen LogP contribution < -0.4 is 16.1 Å². The van der Waals surface area contributed by atoms with Gasteiger partial charge in [-0.25, -0.2) is 9.59 Å². The number of aromatic amines is 1. The Morgan fingerprint density at radius 1 is 1.03 bits per heavy atom. The summed E-state index contributed by atoms with van der Waals surface area (Å²) in [6.07, 6.45) is 0. The smallest absolute Gasteiger partial charge is 0.446 e. The molecule has 150 valence electrons. The molecule has 0 aliphatic rings. The Hall–Kier alpha value is -3.54. The number of halogens is 3. The SMILES string of the molecule is O=C(O)c1nn(Oc2ccc(-c3ccc(SC(F)(F)F)cc3)cc2)c(=O)[nH]c1=O. The summed E-state index contributed by atoms with van der Waals surface area (Å²) in [6, 6.07) is 11.8. The second kappa shape index (κ2) is 7.83. The highest BCUT2D eigenvalue weighted by Gasteiger charge is 2.29. The van der Waals surface area contributed by atoms with Crippen LogP contribution in [0.5, 0.6) is 5.75 Å². The number of hydrogen-bond donors (Lipinski definition) is 2. The fourth-order valence-corrected chi connectivity index (χ4v) is 2.78. The van der Waals surface area contributed by atoms with E-state index in [2.05, 4.69) is 5.10 Å². The van der Waals surface area contributed by atoms with Gasteiger partial charge in [0.05, 0.1) is 0 Å². The molecule has 2 N–H and O–H groups in total. The van der Waals surface area contributed by atoms with E-state index in [1.165, 1.54) is 36.4 Å². The monoisotopic (exact) mass is 425 g/mol. The Kier molecular flexibility index (Phi) is 5.46. The molecule has 0 amide bonds. The molecule has 0 aliphatic carbocycles. The van der Waals surface area contributed by atoms with E-state index >= 15 is 0 Å². The third-order valence-corrected chi connectivity index (χ3v) is 4.21. The van der Waals surface area contributed by atoms with Gasteiger partial charge in [0.15, 0.2) is 5.75 Å². The summed E-state index contributed by atoms with van der Waals surface area (Å²) < 4.78 is 37.1. The lowest BCUT2D eigenvalue weighted by Gasteiger charge is -2.08. The van der Waals surface area contributed by atoms with Gasteiger partial charge in [-0.3, -0.25) is 9.78 Å². The number of carboxylic acid groups (broad SMARTS) is 1. The van der Waals surface area contributed by atoms with E-state index in [4.69, 9.17) is 9.94 Å². The number of benzene rings is 2. The number of alkyl halides is 3. The van der Waals surface area contributed by atoms with Gasteiger partial charge in [-0.1, -0.05) is 24.3 Å². The zero-order chi connectivity index (χ0) is 21.2. The minimum atomic E-state index is -4.37. The highest BCUT2D eigenvalue weighted by molar-refractivity contribution is 8.00. The van der Waals surface area contributed by atoms with Gasteiger partial charge in [-0.15, -0.1) is 5.10 Å². The first-order chi connectivity index (χ1) is 13.6. The normalized spacial score (nSPS) is 11.3. The van der Waals surface area contributed by atoms with Crippen LogP contribution in [0.2, 0.25) is 0 Å². The molecule has 0 spiro atoms. The molecule has 1 heterocycles. The molecule has 0 atom stereocenters. The molecule has 0 radical (unpaired) electrons. The van der Waals surface area contributed by atoms with Gasteiger partial charge in [-0.2, -0.15) is 13.2 Å². The maximum Gasteiger partial charge on any atom is 0.446 e. The number of carbonyl (C=O) groups is 1. The minimum Gasteiger partial charge on any atom is -0.476 e. The van der Waals surface area contributed by atoms with Gasteiger partial charge < -0.3 is 9.94 Å². The van der Waals surface area contributed by atoms with Crippen molar-refractivity contribution < 1.29 is 27.9 Å². The Bertz CT molecular complexity index is 1160. The van der Waals surface area contributed by atoms with Crippen LogP contribution in [0.25, 0.3) is 11.1 Å². The summed E-state index contributed by atoms with van der Waals surface area (Å²) >= 11 is -0.213. The lowest BCUT2D eigenvalue weighted by Crippen LogP contribution is -2.38. The van der Waals surface area contributed by atoms with E-state index < -0.39 is 28.4 Å². The van der Waals surface area contributed by atoms with Crippen LogP contribution in [0.1, 0.15) is 10.5 Å². The average Bonchev–Trinajstić information content (AvgIpc) is 2.63. The summed E-state index contributed by atoms with van der Waals surface area (Å²) in [5, 5.41) is 12.2. The molecular formula is C17H10F3N3O5S. The van der Waals surface area contributed by atoms with Crippen molar-refractivity contribution in [2.45, 2.75) is 10.4 Å². The number of rotatable bonds is 5. The number of aromatic nitrogens is 3. The fourth-order valence-electron chi connectivity index (χ4n) is 2.24. The van der Waals surface area contributed by atoms with E-state index in [0.717, 1.165) is 0 Å². The van der Waals surface area contributed by atoms with Crippen LogP contribution in [0, 0.1) is 0 Å². The molecule has 3 rings (SSSR count). The van der Waals surface area contributed by atoms with Gasteiger partial charge in [0.25, 0.3) is 5.56 Å². The largest absolute Gasteiger partial charge is 0.476 e. The minimum absolute atomic E-state index is 0.0546. The van der Waals surface area contributed by atoms with Gasteiger partial charge >= 0.3 is 17.2 Å². The third-order valence-electron chi connectivity index (χ3n) is 3.47. The Morgan fingerprint density at radius 2 is 1.59 bits per heavy atom. The first-order valence-corrected chi connectivity index (χ1v) is 8.55. The maximum atomic E-state index is 12.4. The van der Waals surface area contributed by atoms with Crippen molar-refractivity contribution in [2.24, 2.45) is 0 Å². The molecule has 0 fully saturated rings. The van der Waals surface area contributed by atoms with Crippen LogP contribution in [0.3, 0.4) is 0 Å². The fraction of sp³-hybridized carbons (Fsp3) is 0.0588. The molecule has 0 unspecified atom stereocenters. The first kappa shape index (κ1) is 20.2. The second-order valence-electron chi connectivity index (χ2n) is 5.47. The lowest BCUT2D eigenvalue weighted by atomic mass is 10.1. The first-order valence-electron chi connectivity index (χ1n) is 7.74. The highest BCUT2D eigenvalue weighted by atomic mass is 32.2. The zero-order valence-corrected chi connectivity index (χ0v) is 15.0. The van der Waals surface area contributed by atoms with Gasteiger partial charge in [-0.05, 0) is 52.0 Å². The van der Waals surface area contributed by atoms with Gasteiger partial charge in [0, 0.05) is 4.90 Å². The van der Waals surface area contributed by atoms with Crippen molar-refractivity contribution >= 4 is 17.7 Å². The van der Waals surface area contributed by atoms with Crippen LogP contribution >= 0.6 is 11.8 Å². The van der Waals surface area contributed by atoms with Crippen molar-refractivity contribution in [2.75, 3.05) is 0 Å². The quantitative estimate of drug-likeness (QED) is 0.604. The maximum absolute atomic E-state index is 12.4. The highest BCUT2D eigenvalue weighted by Crippen LogP contribution is 2.37. The molecule has 0 aliphatic heterocycles. The molecular weight excluding hydrogens is 415 g/mol. The van der Waals surface area contributed by atoms with E-state index in [-0.39, 0.29) is 22.4 Å². The number of nitrogens with one attached hydrogen (secondary N) is 1. The van der Waals surface area contributed by atoms with Gasteiger partial charge in [0.1, 0.15) is 0 Å². The Balaban J connectivity index is 1.79. The molecule has 12 heteroatoms. The number of aromatic carboxylic acids is 1. The van der Waals surface area contributed by atoms with E-state index in [1.54, 1.807) is 17.1 Å². The summed E-state index contributed by atoms with van der Waals surface area (Å²) in [5.74, 6) is -1.53. The molecule has 2 aromatic carbocycles. The molecule has 0 bridgehead atoms. The number of thioether (sulfide) groups is 1. The molecule has 0 saturated heterocycles. The molecule has 29 heavy (non-hydrogen) atoms. The average molecular weight is 425 g/mol. The van der Waals surface area contributed by atoms with Crippen molar-refractivity contribution in [1.29, 1.82) is 0 Å². The Morgan fingerprint density at radius 3 is 2.10 bits per heavy atom. The molecule has 1 aromatic heterocycles. The van der Waals surface area contributed by atoms with E-state index in [9.17, 15) is 27.6 Å². The third kappa shape index (κ3) is 5.04. The molecule has 8 nitrogen and oxygen atoms in total. The predicted octanol–water partition coefficient (Wildman–Crippen LogP) is 2.75. The number of H-pyrrole nitrogens is 1. The molecule has 0 saturated carbocycles. The predicted molar refractivity (Wildman–Crippen MR) is 95.9 cm³/mol. The van der Waals surface area contributed by atoms with Crippen molar-refractivity contribution in [3.8, 4) is 16.9 Å². The van der Waals surface area contributed by atoms with Gasteiger partial charge in [0.2, 0.25) is 5.69 Å². The van der Waals surface area contributed by atoms with E-state index in [0.29, 0.717) is 16.0 Å². The number of carboxylic acids is 1. The van der Waals surface area contributed by atoms with E-state index in [1.807, 2.05) is 0 Å². The zero-order valence-electron chi connectivity index (χ0n) is 14.1. The van der Waals surface area contributed by atoms with Crippen molar-refractivity contribution in [3.05, 3.63) is 75.1 Å².